The van der Waals surface area contributed by atoms with Gasteiger partial charge in [0.2, 0.25) is 0 Å². The van der Waals surface area contributed by atoms with Gasteiger partial charge in [0.15, 0.2) is 5.13 Å². The van der Waals surface area contributed by atoms with Crippen molar-refractivity contribution in [2.24, 2.45) is 0 Å². The zero-order chi connectivity index (χ0) is 18.9. The van der Waals surface area contributed by atoms with Crippen LogP contribution in [0, 0.1) is 0 Å². The van der Waals surface area contributed by atoms with Crippen molar-refractivity contribution in [1.29, 1.82) is 0 Å². The minimum Gasteiger partial charge on any atom is -0.375 e. The number of carbonyl (C=O) groups is 1. The van der Waals surface area contributed by atoms with Gasteiger partial charge in [-0.05, 0) is 18.2 Å². The van der Waals surface area contributed by atoms with Crippen molar-refractivity contribution in [3.8, 4) is 11.3 Å². The molecular formula is C17H11ClF3N3OS. The summed E-state index contributed by atoms with van der Waals surface area (Å²) in [4.78, 5) is 16.8. The van der Waals surface area contributed by atoms with Gasteiger partial charge in [0.1, 0.15) is 4.88 Å². The number of thiazole rings is 1. The van der Waals surface area contributed by atoms with E-state index >= 15 is 0 Å². The Hall–Kier alpha value is -2.58. The predicted molar refractivity (Wildman–Crippen MR) is 96.4 cm³/mol. The van der Waals surface area contributed by atoms with Crippen molar-refractivity contribution < 1.29 is 18.0 Å². The van der Waals surface area contributed by atoms with E-state index in [1.54, 1.807) is 30.3 Å². The number of nitrogens with two attached hydrogens (primary N) is 1. The molecule has 0 bridgehead atoms. The Morgan fingerprint density at radius 3 is 2.50 bits per heavy atom. The molecule has 0 fully saturated rings. The summed E-state index contributed by atoms with van der Waals surface area (Å²) < 4.78 is 39.6. The number of aromatic nitrogens is 1. The Balaban J connectivity index is 1.98. The fourth-order valence-corrected chi connectivity index (χ4v) is 3.24. The highest BCUT2D eigenvalue weighted by atomic mass is 35.5. The molecule has 0 saturated carbocycles. The lowest BCUT2D eigenvalue weighted by molar-refractivity contribution is -0.136. The summed E-state index contributed by atoms with van der Waals surface area (Å²) in [6.45, 7) is 0. The smallest absolute Gasteiger partial charge is 0.375 e. The SMILES string of the molecule is Nc1nc(-c2ccccc2)c(C(=O)Nc2ccc(Cl)cc2C(F)(F)F)s1. The summed E-state index contributed by atoms with van der Waals surface area (Å²) >= 11 is 6.55. The van der Waals surface area contributed by atoms with E-state index in [0.29, 0.717) is 11.3 Å². The van der Waals surface area contributed by atoms with E-state index in [-0.39, 0.29) is 15.0 Å². The van der Waals surface area contributed by atoms with Gasteiger partial charge in [0.25, 0.3) is 5.91 Å². The van der Waals surface area contributed by atoms with Gasteiger partial charge in [0.05, 0.1) is 16.9 Å². The van der Waals surface area contributed by atoms with E-state index in [4.69, 9.17) is 17.3 Å². The highest BCUT2D eigenvalue weighted by Crippen LogP contribution is 2.37. The van der Waals surface area contributed by atoms with Gasteiger partial charge in [-0.25, -0.2) is 4.98 Å². The number of halogens is 4. The molecule has 0 saturated heterocycles. The molecule has 0 atom stereocenters. The van der Waals surface area contributed by atoms with Crippen LogP contribution in [-0.2, 0) is 6.18 Å². The minimum absolute atomic E-state index is 0.0812. The fraction of sp³-hybridized carbons (Fsp3) is 0.0588. The normalized spacial score (nSPS) is 11.4. The van der Waals surface area contributed by atoms with Crippen LogP contribution in [0.5, 0.6) is 0 Å². The summed E-state index contributed by atoms with van der Waals surface area (Å²) in [5, 5.41) is 2.34. The van der Waals surface area contributed by atoms with E-state index in [2.05, 4.69) is 10.3 Å². The van der Waals surface area contributed by atoms with Gasteiger partial charge in [-0.15, -0.1) is 0 Å². The van der Waals surface area contributed by atoms with E-state index < -0.39 is 23.3 Å². The molecular weight excluding hydrogens is 387 g/mol. The molecule has 3 N–H and O–H groups in total. The number of alkyl halides is 3. The second kappa shape index (κ2) is 6.97. The Kier molecular flexibility index (Phi) is 4.88. The van der Waals surface area contributed by atoms with Gasteiger partial charge in [0, 0.05) is 10.6 Å². The molecule has 0 aliphatic heterocycles. The van der Waals surface area contributed by atoms with Crippen LogP contribution in [-0.4, -0.2) is 10.9 Å². The van der Waals surface area contributed by atoms with E-state index in [9.17, 15) is 18.0 Å². The lowest BCUT2D eigenvalue weighted by atomic mass is 10.1. The molecule has 26 heavy (non-hydrogen) atoms. The van der Waals surface area contributed by atoms with Crippen molar-refractivity contribution in [3.63, 3.8) is 0 Å². The molecule has 2 aromatic carbocycles. The predicted octanol–water partition coefficient (Wildman–Crippen LogP) is 5.32. The van der Waals surface area contributed by atoms with Gasteiger partial charge in [-0.1, -0.05) is 53.3 Å². The number of anilines is 2. The number of carbonyl (C=O) groups excluding carboxylic acids is 1. The molecule has 1 amide bonds. The number of hydrogen-bond acceptors (Lipinski definition) is 4. The molecule has 1 heterocycles. The second-order valence-electron chi connectivity index (χ2n) is 5.24. The van der Waals surface area contributed by atoms with Crippen LogP contribution in [0.4, 0.5) is 24.0 Å². The van der Waals surface area contributed by atoms with Crippen LogP contribution in [0.2, 0.25) is 5.02 Å². The molecule has 0 unspecified atom stereocenters. The summed E-state index contributed by atoms with van der Waals surface area (Å²) in [5.74, 6) is -0.731. The van der Waals surface area contributed by atoms with E-state index in [1.165, 1.54) is 6.07 Å². The maximum Gasteiger partial charge on any atom is 0.418 e. The minimum atomic E-state index is -4.66. The molecule has 0 aliphatic carbocycles. The van der Waals surface area contributed by atoms with Crippen molar-refractivity contribution >= 4 is 39.7 Å². The first-order valence-corrected chi connectivity index (χ1v) is 8.45. The molecule has 3 rings (SSSR count). The lowest BCUT2D eigenvalue weighted by Crippen LogP contribution is -2.16. The fourth-order valence-electron chi connectivity index (χ4n) is 2.32. The molecule has 0 aliphatic rings. The van der Waals surface area contributed by atoms with Crippen molar-refractivity contribution in [2.45, 2.75) is 6.18 Å². The van der Waals surface area contributed by atoms with Crippen LogP contribution in [0.3, 0.4) is 0 Å². The van der Waals surface area contributed by atoms with Crippen LogP contribution >= 0.6 is 22.9 Å². The van der Waals surface area contributed by atoms with Gasteiger partial charge in [-0.2, -0.15) is 13.2 Å². The topological polar surface area (TPSA) is 68.0 Å². The largest absolute Gasteiger partial charge is 0.418 e. The van der Waals surface area contributed by atoms with Crippen LogP contribution < -0.4 is 11.1 Å². The first-order valence-electron chi connectivity index (χ1n) is 7.25. The quantitative estimate of drug-likeness (QED) is 0.628. The first-order chi connectivity index (χ1) is 12.3. The maximum absolute atomic E-state index is 13.2. The van der Waals surface area contributed by atoms with Gasteiger partial charge in [-0.3, -0.25) is 4.79 Å². The third-order valence-electron chi connectivity index (χ3n) is 3.43. The highest BCUT2D eigenvalue weighted by Gasteiger charge is 2.34. The number of nitrogens with zero attached hydrogens (tertiary/aromatic N) is 1. The van der Waals surface area contributed by atoms with Crippen LogP contribution in [0.25, 0.3) is 11.3 Å². The number of nitrogens with one attached hydrogen (secondary N) is 1. The number of hydrogen-bond donors (Lipinski definition) is 2. The van der Waals surface area contributed by atoms with Gasteiger partial charge >= 0.3 is 6.18 Å². The lowest BCUT2D eigenvalue weighted by Gasteiger charge is -2.14. The summed E-state index contributed by atoms with van der Waals surface area (Å²) in [7, 11) is 0. The third kappa shape index (κ3) is 3.81. The standard InChI is InChI=1S/C17H11ClF3N3OS/c18-10-6-7-12(11(8-10)17(19,20)21)23-15(25)14-13(24-16(22)26-14)9-4-2-1-3-5-9/h1-8H,(H2,22,24)(H,23,25). The van der Waals surface area contributed by atoms with Crippen molar-refractivity contribution in [1.82, 2.24) is 4.98 Å². The Bertz CT molecular complexity index is 958. The summed E-state index contributed by atoms with van der Waals surface area (Å²) in [6, 6.07) is 11.9. The Morgan fingerprint density at radius 1 is 1.15 bits per heavy atom. The highest BCUT2D eigenvalue weighted by molar-refractivity contribution is 7.17. The maximum atomic E-state index is 13.2. The summed E-state index contributed by atoms with van der Waals surface area (Å²) in [5.41, 5.74) is 5.23. The molecule has 1 aromatic heterocycles. The van der Waals surface area contributed by atoms with Crippen molar-refractivity contribution in [2.75, 3.05) is 11.1 Å². The third-order valence-corrected chi connectivity index (χ3v) is 4.55. The Labute approximate surface area is 155 Å². The molecule has 134 valence electrons. The first kappa shape index (κ1) is 18.2. The van der Waals surface area contributed by atoms with Crippen LogP contribution in [0.1, 0.15) is 15.2 Å². The number of benzene rings is 2. The zero-order valence-electron chi connectivity index (χ0n) is 13.0. The molecule has 0 radical (unpaired) electrons. The van der Waals surface area contributed by atoms with E-state index in [1.807, 2.05) is 0 Å². The zero-order valence-corrected chi connectivity index (χ0v) is 14.5. The van der Waals surface area contributed by atoms with Crippen molar-refractivity contribution in [3.05, 3.63) is 64.0 Å². The number of rotatable bonds is 3. The second-order valence-corrected chi connectivity index (χ2v) is 6.70. The summed E-state index contributed by atoms with van der Waals surface area (Å²) in [6.07, 6.45) is -4.66. The molecule has 9 heteroatoms. The Morgan fingerprint density at radius 2 is 1.85 bits per heavy atom. The average molecular weight is 398 g/mol. The molecule has 3 aromatic rings. The van der Waals surface area contributed by atoms with Gasteiger partial charge < -0.3 is 11.1 Å². The monoisotopic (exact) mass is 397 g/mol. The number of amides is 1. The van der Waals surface area contributed by atoms with E-state index in [0.717, 1.165) is 23.5 Å². The van der Waals surface area contributed by atoms with Crippen LogP contribution in [0.15, 0.2) is 48.5 Å². The average Bonchev–Trinajstić information content (AvgIpc) is 2.98. The molecule has 4 nitrogen and oxygen atoms in total. The molecule has 0 spiro atoms. The number of nitrogen functional groups attached to an aromatic ring is 1.